The summed E-state index contributed by atoms with van der Waals surface area (Å²) in [4.78, 5) is 35.5. The molecule has 0 unspecified atom stereocenters. The van der Waals surface area contributed by atoms with Crippen molar-refractivity contribution in [2.45, 2.75) is 84.0 Å². The van der Waals surface area contributed by atoms with Gasteiger partial charge in [-0.15, -0.1) is 0 Å². The number of carbonyl (C=O) groups excluding carboxylic acids is 1. The lowest BCUT2D eigenvalue weighted by molar-refractivity contribution is -0.144. The van der Waals surface area contributed by atoms with Crippen molar-refractivity contribution in [3.8, 4) is 17.1 Å². The minimum Gasteiger partial charge on any atom is -0.493 e. The zero-order valence-corrected chi connectivity index (χ0v) is 28.8. The van der Waals surface area contributed by atoms with E-state index >= 15 is 0 Å². The average molecular weight is 659 g/mol. The zero-order chi connectivity index (χ0) is 33.3. The fourth-order valence-electron chi connectivity index (χ4n) is 6.15. The Bertz CT molecular complexity index is 1620. The van der Waals surface area contributed by atoms with Crippen molar-refractivity contribution in [3.05, 3.63) is 34.2 Å². The molecule has 13 heteroatoms. The van der Waals surface area contributed by atoms with Crippen LogP contribution in [0.1, 0.15) is 78.3 Å². The average Bonchev–Trinajstić information content (AvgIpc) is 3.35. The van der Waals surface area contributed by atoms with E-state index in [9.17, 15) is 18.0 Å². The zero-order valence-electron chi connectivity index (χ0n) is 28.0. The SMILES string of the molecule is CCCc1nn(C)c2c(=O)[nH]c(-c3cc(S(=O)(=O)N4CCC(CCC(=O)OCCN(CCC)CCC)CC4)ccc3OCC)nc12. The van der Waals surface area contributed by atoms with Crippen LogP contribution < -0.4 is 10.3 Å². The van der Waals surface area contributed by atoms with Gasteiger partial charge in [-0.05, 0) is 82.7 Å². The molecule has 1 aliphatic heterocycles. The summed E-state index contributed by atoms with van der Waals surface area (Å²) in [5.41, 5.74) is 1.63. The van der Waals surface area contributed by atoms with Gasteiger partial charge in [0, 0.05) is 33.1 Å². The van der Waals surface area contributed by atoms with E-state index in [0.29, 0.717) is 80.8 Å². The number of hydrogen-bond acceptors (Lipinski definition) is 9. The molecule has 1 fully saturated rings. The summed E-state index contributed by atoms with van der Waals surface area (Å²) in [6.07, 6.45) is 6.01. The first-order valence-electron chi connectivity index (χ1n) is 16.7. The normalized spacial score (nSPS) is 14.7. The Morgan fingerprint density at radius 2 is 1.78 bits per heavy atom. The van der Waals surface area contributed by atoms with Gasteiger partial charge in [-0.2, -0.15) is 9.40 Å². The van der Waals surface area contributed by atoms with E-state index in [-0.39, 0.29) is 28.2 Å². The Kier molecular flexibility index (Phi) is 12.8. The molecule has 1 aliphatic rings. The largest absolute Gasteiger partial charge is 0.493 e. The number of hydrogen-bond donors (Lipinski definition) is 1. The van der Waals surface area contributed by atoms with Crippen LogP contribution in [0.2, 0.25) is 0 Å². The third-order valence-corrected chi connectivity index (χ3v) is 10.4. The molecule has 0 bridgehead atoms. The maximum Gasteiger partial charge on any atom is 0.305 e. The number of ether oxygens (including phenoxy) is 2. The molecule has 0 radical (unpaired) electrons. The number of rotatable bonds is 17. The molecule has 3 aromatic rings. The van der Waals surface area contributed by atoms with Gasteiger partial charge in [0.05, 0.1) is 22.8 Å². The maximum atomic E-state index is 13.8. The van der Waals surface area contributed by atoms with E-state index in [1.165, 1.54) is 21.1 Å². The summed E-state index contributed by atoms with van der Waals surface area (Å²) in [7, 11) is -2.12. The van der Waals surface area contributed by atoms with Crippen LogP contribution in [0.15, 0.2) is 27.9 Å². The summed E-state index contributed by atoms with van der Waals surface area (Å²) in [6, 6.07) is 4.69. The number of nitrogens with zero attached hydrogens (tertiary/aromatic N) is 5. The van der Waals surface area contributed by atoms with Crippen molar-refractivity contribution in [2.75, 3.05) is 45.9 Å². The van der Waals surface area contributed by atoms with E-state index in [1.807, 2.05) is 13.8 Å². The number of benzene rings is 1. The van der Waals surface area contributed by atoms with Crippen LogP contribution in [0.3, 0.4) is 0 Å². The predicted octanol–water partition coefficient (Wildman–Crippen LogP) is 4.52. The topological polar surface area (TPSA) is 140 Å². The molecule has 3 heterocycles. The quantitative estimate of drug-likeness (QED) is 0.207. The van der Waals surface area contributed by atoms with Crippen LogP contribution in [0.4, 0.5) is 0 Å². The third-order valence-electron chi connectivity index (χ3n) is 8.47. The van der Waals surface area contributed by atoms with Gasteiger partial charge in [-0.25, -0.2) is 13.4 Å². The van der Waals surface area contributed by atoms with E-state index in [4.69, 9.17) is 14.5 Å². The minimum atomic E-state index is -3.83. The van der Waals surface area contributed by atoms with E-state index in [0.717, 1.165) is 44.6 Å². The van der Waals surface area contributed by atoms with Crippen LogP contribution in [0.5, 0.6) is 5.75 Å². The van der Waals surface area contributed by atoms with Gasteiger partial charge in [0.1, 0.15) is 23.7 Å². The van der Waals surface area contributed by atoms with Crippen molar-refractivity contribution in [3.63, 3.8) is 0 Å². The highest BCUT2D eigenvalue weighted by Crippen LogP contribution is 2.33. The molecule has 12 nitrogen and oxygen atoms in total. The van der Waals surface area contributed by atoms with Crippen LogP contribution in [-0.4, -0.2) is 89.3 Å². The minimum absolute atomic E-state index is 0.107. The van der Waals surface area contributed by atoms with Crippen LogP contribution >= 0.6 is 0 Å². The summed E-state index contributed by atoms with van der Waals surface area (Å²) in [5, 5.41) is 4.49. The van der Waals surface area contributed by atoms with Crippen molar-refractivity contribution < 1.29 is 22.7 Å². The summed E-state index contributed by atoms with van der Waals surface area (Å²) < 4.78 is 41.9. The monoisotopic (exact) mass is 658 g/mol. The Morgan fingerprint density at radius 3 is 2.43 bits per heavy atom. The molecule has 1 aromatic carbocycles. The molecular weight excluding hydrogens is 608 g/mol. The molecule has 254 valence electrons. The smallest absolute Gasteiger partial charge is 0.305 e. The Hall–Kier alpha value is -3.29. The number of aryl methyl sites for hydroxylation is 2. The highest BCUT2D eigenvalue weighted by molar-refractivity contribution is 7.89. The Labute approximate surface area is 272 Å². The van der Waals surface area contributed by atoms with Gasteiger partial charge in [-0.3, -0.25) is 19.2 Å². The lowest BCUT2D eigenvalue weighted by atomic mass is 9.93. The number of H-pyrrole nitrogens is 1. The van der Waals surface area contributed by atoms with Crippen molar-refractivity contribution in [2.24, 2.45) is 13.0 Å². The number of carbonyl (C=O) groups is 1. The lowest BCUT2D eigenvalue weighted by Crippen LogP contribution is -2.38. The highest BCUT2D eigenvalue weighted by atomic mass is 32.2. The summed E-state index contributed by atoms with van der Waals surface area (Å²) >= 11 is 0. The molecule has 0 spiro atoms. The molecule has 0 saturated carbocycles. The van der Waals surface area contributed by atoms with Crippen LogP contribution in [0, 0.1) is 5.92 Å². The molecular formula is C33H50N6O6S. The second kappa shape index (κ2) is 16.5. The molecule has 0 amide bonds. The molecule has 1 saturated heterocycles. The van der Waals surface area contributed by atoms with Crippen molar-refractivity contribution in [1.29, 1.82) is 0 Å². The third kappa shape index (κ3) is 8.54. The molecule has 4 rings (SSSR count). The first kappa shape index (κ1) is 35.6. The predicted molar refractivity (Wildman–Crippen MR) is 178 cm³/mol. The molecule has 0 atom stereocenters. The number of aromatic amines is 1. The molecule has 46 heavy (non-hydrogen) atoms. The van der Waals surface area contributed by atoms with Crippen molar-refractivity contribution in [1.82, 2.24) is 29.0 Å². The van der Waals surface area contributed by atoms with Gasteiger partial charge in [-0.1, -0.05) is 27.2 Å². The fraction of sp³-hybridized carbons (Fsp3) is 0.636. The first-order chi connectivity index (χ1) is 22.1. The van der Waals surface area contributed by atoms with E-state index in [2.05, 4.69) is 28.8 Å². The van der Waals surface area contributed by atoms with Crippen LogP contribution in [0.25, 0.3) is 22.4 Å². The first-order valence-corrected chi connectivity index (χ1v) is 18.2. The molecule has 1 N–H and O–H groups in total. The second-order valence-electron chi connectivity index (χ2n) is 12.0. The molecule has 0 aliphatic carbocycles. The van der Waals surface area contributed by atoms with Gasteiger partial charge in [0.15, 0.2) is 5.52 Å². The maximum absolute atomic E-state index is 13.8. The Balaban J connectivity index is 1.43. The van der Waals surface area contributed by atoms with E-state index < -0.39 is 10.0 Å². The van der Waals surface area contributed by atoms with E-state index in [1.54, 1.807) is 13.1 Å². The number of esters is 1. The van der Waals surface area contributed by atoms with Gasteiger partial charge in [0.25, 0.3) is 5.56 Å². The standard InChI is InChI=1S/C33H50N6O6S/c1-6-10-27-30-31(37(5)36-27)33(41)35-32(34-30)26-23-25(12-13-28(26)44-9-4)46(42,43)39-19-15-24(16-20-39)11-14-29(40)45-22-21-38(17-7-2)18-8-3/h12-13,23-24H,6-11,14-22H2,1-5H3,(H,34,35,41). The van der Waals surface area contributed by atoms with Crippen molar-refractivity contribution >= 4 is 27.0 Å². The number of sulfonamides is 1. The number of piperidine rings is 1. The summed E-state index contributed by atoms with van der Waals surface area (Å²) in [5.74, 6) is 0.725. The summed E-state index contributed by atoms with van der Waals surface area (Å²) in [6.45, 7) is 12.4. The number of aromatic nitrogens is 4. The van der Waals surface area contributed by atoms with Gasteiger partial charge >= 0.3 is 5.97 Å². The molecule has 2 aromatic heterocycles. The lowest BCUT2D eigenvalue weighted by Gasteiger charge is -2.31. The highest BCUT2D eigenvalue weighted by Gasteiger charge is 2.31. The van der Waals surface area contributed by atoms with Crippen LogP contribution in [-0.2, 0) is 33.0 Å². The van der Waals surface area contributed by atoms with Gasteiger partial charge in [0.2, 0.25) is 10.0 Å². The number of nitrogens with one attached hydrogen (secondary N) is 1. The number of fused-ring (bicyclic) bond motifs is 1. The Morgan fingerprint density at radius 1 is 1.07 bits per heavy atom. The fourth-order valence-corrected chi connectivity index (χ4v) is 7.65. The second-order valence-corrected chi connectivity index (χ2v) is 13.9. The van der Waals surface area contributed by atoms with Gasteiger partial charge < -0.3 is 14.5 Å².